The van der Waals surface area contributed by atoms with Gasteiger partial charge in [0.1, 0.15) is 0 Å². The first-order chi connectivity index (χ1) is 10.1. The average Bonchev–Trinajstić information content (AvgIpc) is 2.51. The van der Waals surface area contributed by atoms with Gasteiger partial charge in [-0.3, -0.25) is 4.79 Å². The van der Waals surface area contributed by atoms with E-state index in [1.165, 1.54) is 12.8 Å². The number of nitrogens with zero attached hydrogens (tertiary/aromatic N) is 1. The summed E-state index contributed by atoms with van der Waals surface area (Å²) >= 11 is 6.32. The summed E-state index contributed by atoms with van der Waals surface area (Å²) in [6.45, 7) is 5.12. The van der Waals surface area contributed by atoms with Gasteiger partial charge in [-0.25, -0.2) is 0 Å². The molecule has 1 spiro atoms. The van der Waals surface area contributed by atoms with Crippen LogP contribution < -0.4 is 5.32 Å². The highest BCUT2D eigenvalue weighted by atomic mass is 35.5. The molecular weight excluding hydrogens is 284 g/mol. The lowest BCUT2D eigenvalue weighted by Gasteiger charge is -2.47. The Labute approximate surface area is 131 Å². The van der Waals surface area contributed by atoms with Gasteiger partial charge in [0.2, 0.25) is 5.91 Å². The summed E-state index contributed by atoms with van der Waals surface area (Å²) < 4.78 is 0. The van der Waals surface area contributed by atoms with E-state index in [9.17, 15) is 4.79 Å². The van der Waals surface area contributed by atoms with Gasteiger partial charge in [-0.1, -0.05) is 29.8 Å². The molecule has 0 aliphatic carbocycles. The van der Waals surface area contributed by atoms with Crippen molar-refractivity contribution in [2.75, 3.05) is 19.6 Å². The molecule has 3 nitrogen and oxygen atoms in total. The minimum Gasteiger partial charge on any atom is -0.335 e. The molecule has 21 heavy (non-hydrogen) atoms. The van der Waals surface area contributed by atoms with Gasteiger partial charge in [0, 0.05) is 18.0 Å². The fourth-order valence-electron chi connectivity index (χ4n) is 3.74. The molecule has 2 heterocycles. The standard InChI is InChI=1S/C17H23ClN2O/c1-13(14-4-2-3-5-15(14)18)20-12-17(7-6-16(20)21)8-10-19-11-9-17/h2-5,13,19H,6-12H2,1H3. The Hall–Kier alpha value is -1.06. The third-order valence-corrected chi connectivity index (χ3v) is 5.53. The van der Waals surface area contributed by atoms with E-state index in [4.69, 9.17) is 11.6 Å². The van der Waals surface area contributed by atoms with Crippen molar-refractivity contribution in [2.45, 2.75) is 38.6 Å². The van der Waals surface area contributed by atoms with Crippen molar-refractivity contribution in [3.63, 3.8) is 0 Å². The highest BCUT2D eigenvalue weighted by molar-refractivity contribution is 6.31. The Bertz CT molecular complexity index is 525. The molecule has 1 unspecified atom stereocenters. The van der Waals surface area contributed by atoms with Crippen molar-refractivity contribution in [1.82, 2.24) is 10.2 Å². The Morgan fingerprint density at radius 3 is 2.67 bits per heavy atom. The molecule has 3 rings (SSSR count). The number of likely N-dealkylation sites (tertiary alicyclic amines) is 1. The van der Waals surface area contributed by atoms with E-state index in [2.05, 4.69) is 17.1 Å². The third-order valence-electron chi connectivity index (χ3n) is 5.18. The van der Waals surface area contributed by atoms with E-state index in [0.717, 1.165) is 36.6 Å². The topological polar surface area (TPSA) is 32.3 Å². The van der Waals surface area contributed by atoms with Crippen LogP contribution in [0.4, 0.5) is 0 Å². The number of hydrogen-bond acceptors (Lipinski definition) is 2. The number of nitrogens with one attached hydrogen (secondary N) is 1. The van der Waals surface area contributed by atoms with Gasteiger partial charge in [0.15, 0.2) is 0 Å². The van der Waals surface area contributed by atoms with E-state index in [1.54, 1.807) is 0 Å². The Morgan fingerprint density at radius 2 is 1.95 bits per heavy atom. The van der Waals surface area contributed by atoms with Crippen molar-refractivity contribution < 1.29 is 4.79 Å². The average molecular weight is 307 g/mol. The van der Waals surface area contributed by atoms with Crippen molar-refractivity contribution in [1.29, 1.82) is 0 Å². The molecule has 1 aromatic rings. The summed E-state index contributed by atoms with van der Waals surface area (Å²) in [5, 5.41) is 4.18. The minimum absolute atomic E-state index is 0.0539. The van der Waals surface area contributed by atoms with Crippen molar-refractivity contribution in [3.05, 3.63) is 34.9 Å². The van der Waals surface area contributed by atoms with Gasteiger partial charge in [0.05, 0.1) is 6.04 Å². The maximum atomic E-state index is 12.4. The Morgan fingerprint density at radius 1 is 1.24 bits per heavy atom. The second-order valence-corrected chi connectivity index (χ2v) is 6.88. The molecule has 4 heteroatoms. The predicted octanol–water partition coefficient (Wildman–Crippen LogP) is 3.39. The Kier molecular flexibility index (Phi) is 4.23. The summed E-state index contributed by atoms with van der Waals surface area (Å²) in [6.07, 6.45) is 4.06. The smallest absolute Gasteiger partial charge is 0.223 e. The van der Waals surface area contributed by atoms with Gasteiger partial charge in [-0.2, -0.15) is 0 Å². The fourth-order valence-corrected chi connectivity index (χ4v) is 4.04. The molecule has 2 aliphatic heterocycles. The van der Waals surface area contributed by atoms with E-state index >= 15 is 0 Å². The van der Waals surface area contributed by atoms with E-state index < -0.39 is 0 Å². The van der Waals surface area contributed by atoms with Crippen LogP contribution in [0.5, 0.6) is 0 Å². The van der Waals surface area contributed by atoms with Crippen LogP contribution >= 0.6 is 11.6 Å². The largest absolute Gasteiger partial charge is 0.335 e. The van der Waals surface area contributed by atoms with E-state index in [0.29, 0.717) is 11.8 Å². The second-order valence-electron chi connectivity index (χ2n) is 6.47. The summed E-state index contributed by atoms with van der Waals surface area (Å²) in [6, 6.07) is 7.92. The van der Waals surface area contributed by atoms with Gasteiger partial charge >= 0.3 is 0 Å². The molecule has 1 N–H and O–H groups in total. The predicted molar refractivity (Wildman–Crippen MR) is 85.4 cm³/mol. The molecule has 1 amide bonds. The zero-order chi connectivity index (χ0) is 14.9. The molecule has 1 atom stereocenters. The molecule has 1 aromatic carbocycles. The number of rotatable bonds is 2. The van der Waals surface area contributed by atoms with Crippen molar-refractivity contribution in [2.24, 2.45) is 5.41 Å². The van der Waals surface area contributed by atoms with Crippen LogP contribution in [-0.4, -0.2) is 30.4 Å². The van der Waals surface area contributed by atoms with E-state index in [-0.39, 0.29) is 11.9 Å². The zero-order valence-corrected chi connectivity index (χ0v) is 13.3. The van der Waals surface area contributed by atoms with Crippen molar-refractivity contribution >= 4 is 17.5 Å². The highest BCUT2D eigenvalue weighted by Crippen LogP contribution is 2.41. The quantitative estimate of drug-likeness (QED) is 0.908. The monoisotopic (exact) mass is 306 g/mol. The summed E-state index contributed by atoms with van der Waals surface area (Å²) in [5.41, 5.74) is 1.37. The molecule has 0 aromatic heterocycles. The number of piperidine rings is 2. The molecule has 2 fully saturated rings. The van der Waals surface area contributed by atoms with Crippen LogP contribution in [0.15, 0.2) is 24.3 Å². The number of hydrogen-bond donors (Lipinski definition) is 1. The van der Waals surface area contributed by atoms with Gasteiger partial charge in [-0.15, -0.1) is 0 Å². The fraction of sp³-hybridized carbons (Fsp3) is 0.588. The van der Waals surface area contributed by atoms with Crippen LogP contribution in [-0.2, 0) is 4.79 Å². The van der Waals surface area contributed by atoms with E-state index in [1.807, 2.05) is 24.3 Å². The lowest BCUT2D eigenvalue weighted by atomic mass is 9.72. The van der Waals surface area contributed by atoms with Gasteiger partial charge in [0.25, 0.3) is 0 Å². The van der Waals surface area contributed by atoms with Crippen LogP contribution in [0.2, 0.25) is 5.02 Å². The molecule has 0 radical (unpaired) electrons. The molecule has 0 bridgehead atoms. The lowest BCUT2D eigenvalue weighted by Crippen LogP contribution is -2.51. The number of halogens is 1. The highest BCUT2D eigenvalue weighted by Gasteiger charge is 2.41. The third kappa shape index (κ3) is 2.95. The maximum absolute atomic E-state index is 12.4. The van der Waals surface area contributed by atoms with Crippen LogP contribution in [0, 0.1) is 5.41 Å². The minimum atomic E-state index is 0.0539. The SMILES string of the molecule is CC(c1ccccc1Cl)N1CC2(CCNCC2)CCC1=O. The maximum Gasteiger partial charge on any atom is 0.223 e. The Balaban J connectivity index is 1.82. The number of carbonyl (C=O) groups excluding carboxylic acids is 1. The summed E-state index contributed by atoms with van der Waals surface area (Å²) in [4.78, 5) is 14.5. The van der Waals surface area contributed by atoms with Crippen LogP contribution in [0.25, 0.3) is 0 Å². The lowest BCUT2D eigenvalue weighted by molar-refractivity contribution is -0.141. The summed E-state index contributed by atoms with van der Waals surface area (Å²) in [7, 11) is 0. The zero-order valence-electron chi connectivity index (χ0n) is 12.6. The number of carbonyl (C=O) groups is 1. The van der Waals surface area contributed by atoms with Gasteiger partial charge in [-0.05, 0) is 56.3 Å². The van der Waals surface area contributed by atoms with Crippen molar-refractivity contribution in [3.8, 4) is 0 Å². The van der Waals surface area contributed by atoms with Gasteiger partial charge < -0.3 is 10.2 Å². The van der Waals surface area contributed by atoms with Crippen LogP contribution in [0.1, 0.15) is 44.2 Å². The molecule has 0 saturated carbocycles. The molecule has 2 saturated heterocycles. The first-order valence-corrected chi connectivity index (χ1v) is 8.24. The van der Waals surface area contributed by atoms with Crippen LogP contribution in [0.3, 0.4) is 0 Å². The second kappa shape index (κ2) is 5.98. The summed E-state index contributed by atoms with van der Waals surface area (Å²) in [5.74, 6) is 0.270. The molecule has 114 valence electrons. The molecular formula is C17H23ClN2O. The number of amides is 1. The normalized spacial score (nSPS) is 23.3. The number of benzene rings is 1. The molecule has 2 aliphatic rings. The first-order valence-electron chi connectivity index (χ1n) is 7.86. The first kappa shape index (κ1) is 14.9.